The monoisotopic (exact) mass is 424 g/mol. The standard InChI is InChI=1S/C24H28N2O5/c1-2-3-15-30-21-12-8-7-11-19(21)24(29)26-14-13-25-23(28)20(26)16-22(27)31-17-18-9-5-4-6-10-18/h4-12,20H,2-3,13-17H2,1H3,(H,25,28)/t20-/m0/s1. The number of ether oxygens (including phenoxy) is 2. The summed E-state index contributed by atoms with van der Waals surface area (Å²) in [4.78, 5) is 39.6. The van der Waals surface area contributed by atoms with Crippen LogP contribution < -0.4 is 10.1 Å². The van der Waals surface area contributed by atoms with Gasteiger partial charge in [0.15, 0.2) is 0 Å². The molecule has 2 amide bonds. The number of rotatable bonds is 9. The van der Waals surface area contributed by atoms with Crippen molar-refractivity contribution in [2.75, 3.05) is 19.7 Å². The maximum absolute atomic E-state index is 13.3. The van der Waals surface area contributed by atoms with Gasteiger partial charge in [0.2, 0.25) is 5.91 Å². The molecule has 7 nitrogen and oxygen atoms in total. The fourth-order valence-electron chi connectivity index (χ4n) is 3.37. The number of nitrogens with one attached hydrogen (secondary N) is 1. The van der Waals surface area contributed by atoms with Gasteiger partial charge < -0.3 is 19.7 Å². The Morgan fingerprint density at radius 2 is 1.84 bits per heavy atom. The van der Waals surface area contributed by atoms with Crippen LogP contribution in [0.3, 0.4) is 0 Å². The Labute approximate surface area is 182 Å². The molecule has 1 fully saturated rings. The summed E-state index contributed by atoms with van der Waals surface area (Å²) in [7, 11) is 0. The molecule has 1 heterocycles. The number of para-hydroxylation sites is 1. The van der Waals surface area contributed by atoms with Gasteiger partial charge in [0, 0.05) is 13.1 Å². The number of carbonyl (C=O) groups is 3. The molecule has 1 saturated heterocycles. The number of amides is 2. The first-order valence-corrected chi connectivity index (χ1v) is 10.6. The van der Waals surface area contributed by atoms with Crippen molar-refractivity contribution in [1.29, 1.82) is 0 Å². The Balaban J connectivity index is 1.69. The van der Waals surface area contributed by atoms with Gasteiger partial charge >= 0.3 is 5.97 Å². The summed E-state index contributed by atoms with van der Waals surface area (Å²) in [5.41, 5.74) is 1.24. The van der Waals surface area contributed by atoms with E-state index in [0.717, 1.165) is 18.4 Å². The van der Waals surface area contributed by atoms with Crippen LogP contribution in [0.25, 0.3) is 0 Å². The van der Waals surface area contributed by atoms with Crippen molar-refractivity contribution in [2.45, 2.75) is 38.8 Å². The molecule has 3 rings (SSSR count). The van der Waals surface area contributed by atoms with Gasteiger partial charge in [0.25, 0.3) is 5.91 Å². The number of hydrogen-bond acceptors (Lipinski definition) is 5. The molecule has 1 N–H and O–H groups in total. The van der Waals surface area contributed by atoms with Crippen molar-refractivity contribution in [2.24, 2.45) is 0 Å². The van der Waals surface area contributed by atoms with Crippen molar-refractivity contribution in [3.8, 4) is 5.75 Å². The second-order valence-corrected chi connectivity index (χ2v) is 7.35. The Bertz CT molecular complexity index is 900. The highest BCUT2D eigenvalue weighted by Crippen LogP contribution is 2.23. The first-order valence-electron chi connectivity index (χ1n) is 10.6. The number of benzene rings is 2. The zero-order valence-corrected chi connectivity index (χ0v) is 17.7. The molecule has 0 radical (unpaired) electrons. The topological polar surface area (TPSA) is 84.9 Å². The minimum Gasteiger partial charge on any atom is -0.493 e. The van der Waals surface area contributed by atoms with Crippen molar-refractivity contribution in [3.63, 3.8) is 0 Å². The van der Waals surface area contributed by atoms with Gasteiger partial charge in [0.05, 0.1) is 18.6 Å². The highest BCUT2D eigenvalue weighted by atomic mass is 16.5. The molecule has 1 aliphatic heterocycles. The number of carbonyl (C=O) groups excluding carboxylic acids is 3. The van der Waals surface area contributed by atoms with Crippen LogP contribution in [0.4, 0.5) is 0 Å². The molecule has 1 aliphatic rings. The maximum atomic E-state index is 13.3. The van der Waals surface area contributed by atoms with Crippen molar-refractivity contribution in [1.82, 2.24) is 10.2 Å². The minimum absolute atomic E-state index is 0.121. The molecule has 0 unspecified atom stereocenters. The van der Waals surface area contributed by atoms with Crippen LogP contribution in [0.2, 0.25) is 0 Å². The lowest BCUT2D eigenvalue weighted by Crippen LogP contribution is -2.57. The van der Waals surface area contributed by atoms with E-state index in [4.69, 9.17) is 9.47 Å². The molecule has 0 aliphatic carbocycles. The molecule has 2 aromatic rings. The largest absolute Gasteiger partial charge is 0.493 e. The van der Waals surface area contributed by atoms with Crippen LogP contribution in [-0.2, 0) is 20.9 Å². The van der Waals surface area contributed by atoms with E-state index < -0.39 is 12.0 Å². The molecule has 2 aromatic carbocycles. The van der Waals surface area contributed by atoms with Crippen LogP contribution in [0, 0.1) is 0 Å². The van der Waals surface area contributed by atoms with Gasteiger partial charge in [-0.15, -0.1) is 0 Å². The summed E-state index contributed by atoms with van der Waals surface area (Å²) < 4.78 is 11.1. The number of esters is 1. The Morgan fingerprint density at radius 3 is 2.61 bits per heavy atom. The smallest absolute Gasteiger partial charge is 0.308 e. The second kappa shape index (κ2) is 11.2. The number of nitrogens with zero attached hydrogens (tertiary/aromatic N) is 1. The fourth-order valence-corrected chi connectivity index (χ4v) is 3.37. The van der Waals surface area contributed by atoms with E-state index in [2.05, 4.69) is 12.2 Å². The maximum Gasteiger partial charge on any atom is 0.308 e. The number of piperazine rings is 1. The Kier molecular flexibility index (Phi) is 8.04. The first kappa shape index (κ1) is 22.3. The lowest BCUT2D eigenvalue weighted by atomic mass is 10.1. The van der Waals surface area contributed by atoms with Gasteiger partial charge in [0.1, 0.15) is 18.4 Å². The molecule has 0 bridgehead atoms. The van der Waals surface area contributed by atoms with Crippen molar-refractivity contribution in [3.05, 3.63) is 65.7 Å². The summed E-state index contributed by atoms with van der Waals surface area (Å²) in [5, 5.41) is 2.73. The van der Waals surface area contributed by atoms with Crippen LogP contribution in [-0.4, -0.2) is 48.4 Å². The SMILES string of the molecule is CCCCOc1ccccc1C(=O)N1CCNC(=O)[C@@H]1CC(=O)OCc1ccccc1. The number of unbranched alkanes of at least 4 members (excludes halogenated alkanes) is 1. The summed E-state index contributed by atoms with van der Waals surface area (Å²) in [5.74, 6) is -0.739. The van der Waals surface area contributed by atoms with E-state index in [0.29, 0.717) is 31.0 Å². The third-order valence-corrected chi connectivity index (χ3v) is 5.07. The molecule has 0 saturated carbocycles. The highest BCUT2D eigenvalue weighted by Gasteiger charge is 2.36. The van der Waals surface area contributed by atoms with Gasteiger partial charge in [-0.1, -0.05) is 55.8 Å². The van der Waals surface area contributed by atoms with Gasteiger partial charge in [-0.25, -0.2) is 0 Å². The second-order valence-electron chi connectivity index (χ2n) is 7.35. The van der Waals surface area contributed by atoms with Crippen LogP contribution >= 0.6 is 0 Å². The fraction of sp³-hybridized carbons (Fsp3) is 0.375. The minimum atomic E-state index is -0.923. The molecule has 0 spiro atoms. The molecule has 31 heavy (non-hydrogen) atoms. The predicted octanol–water partition coefficient (Wildman–Crippen LogP) is 2.94. The predicted molar refractivity (Wildman–Crippen MR) is 116 cm³/mol. The third-order valence-electron chi connectivity index (χ3n) is 5.07. The van der Waals surface area contributed by atoms with E-state index in [9.17, 15) is 14.4 Å². The average molecular weight is 424 g/mol. The van der Waals surface area contributed by atoms with Crippen LogP contribution in [0.15, 0.2) is 54.6 Å². The molecular weight excluding hydrogens is 396 g/mol. The van der Waals surface area contributed by atoms with Gasteiger partial charge in [-0.3, -0.25) is 14.4 Å². The summed E-state index contributed by atoms with van der Waals surface area (Å²) in [6.07, 6.45) is 1.66. The van der Waals surface area contributed by atoms with E-state index in [-0.39, 0.29) is 24.8 Å². The highest BCUT2D eigenvalue weighted by molar-refractivity contribution is 6.01. The molecular formula is C24H28N2O5. The normalized spacial score (nSPS) is 15.8. The van der Waals surface area contributed by atoms with Crippen LogP contribution in [0.1, 0.15) is 42.1 Å². The first-order chi connectivity index (χ1) is 15.1. The van der Waals surface area contributed by atoms with E-state index in [1.54, 1.807) is 24.3 Å². The van der Waals surface area contributed by atoms with Crippen molar-refractivity contribution < 1.29 is 23.9 Å². The van der Waals surface area contributed by atoms with Gasteiger partial charge in [-0.2, -0.15) is 0 Å². The molecule has 7 heteroatoms. The Hall–Kier alpha value is -3.35. The zero-order chi connectivity index (χ0) is 22.1. The zero-order valence-electron chi connectivity index (χ0n) is 17.7. The van der Waals surface area contributed by atoms with Crippen molar-refractivity contribution >= 4 is 17.8 Å². The average Bonchev–Trinajstić information content (AvgIpc) is 2.80. The van der Waals surface area contributed by atoms with E-state index in [1.807, 2.05) is 30.3 Å². The summed E-state index contributed by atoms with van der Waals surface area (Å²) in [6, 6.07) is 15.4. The number of hydrogen-bond donors (Lipinski definition) is 1. The molecule has 0 aromatic heterocycles. The van der Waals surface area contributed by atoms with Crippen LogP contribution in [0.5, 0.6) is 5.75 Å². The lowest BCUT2D eigenvalue weighted by molar-refractivity contribution is -0.148. The molecule has 1 atom stereocenters. The van der Waals surface area contributed by atoms with Gasteiger partial charge in [-0.05, 0) is 24.1 Å². The summed E-state index contributed by atoms with van der Waals surface area (Å²) in [6.45, 7) is 3.34. The third kappa shape index (κ3) is 6.07. The Morgan fingerprint density at radius 1 is 1.10 bits per heavy atom. The molecule has 164 valence electrons. The quantitative estimate of drug-likeness (QED) is 0.494. The van der Waals surface area contributed by atoms with E-state index in [1.165, 1.54) is 4.90 Å². The van der Waals surface area contributed by atoms with E-state index >= 15 is 0 Å². The lowest BCUT2D eigenvalue weighted by Gasteiger charge is -2.34. The summed E-state index contributed by atoms with van der Waals surface area (Å²) >= 11 is 0.